The van der Waals surface area contributed by atoms with Crippen LogP contribution in [0.2, 0.25) is 0 Å². The molecule has 138 valence electrons. The first-order chi connectivity index (χ1) is 13.2. The van der Waals surface area contributed by atoms with Gasteiger partial charge in [0.05, 0.1) is 5.92 Å². The number of anilines is 2. The first-order valence-corrected chi connectivity index (χ1v) is 9.55. The van der Waals surface area contributed by atoms with Crippen molar-refractivity contribution in [2.45, 2.75) is 12.8 Å². The fourth-order valence-corrected chi connectivity index (χ4v) is 3.33. The van der Waals surface area contributed by atoms with Crippen molar-refractivity contribution in [1.29, 1.82) is 0 Å². The number of benzene rings is 1. The lowest BCUT2D eigenvalue weighted by atomic mass is 9.97. The maximum Gasteiger partial charge on any atom is 0.266 e. The van der Waals surface area contributed by atoms with Gasteiger partial charge in [-0.15, -0.1) is 0 Å². The highest BCUT2D eigenvalue weighted by Gasteiger charge is 2.28. The quantitative estimate of drug-likeness (QED) is 0.682. The van der Waals surface area contributed by atoms with Crippen LogP contribution in [0.15, 0.2) is 57.7 Å². The first kappa shape index (κ1) is 17.7. The van der Waals surface area contributed by atoms with Crippen molar-refractivity contribution in [1.82, 2.24) is 15.1 Å². The summed E-state index contributed by atoms with van der Waals surface area (Å²) in [6, 6.07) is 13.3. The molecule has 1 fully saturated rings. The summed E-state index contributed by atoms with van der Waals surface area (Å²) in [4.78, 5) is 23.3. The number of carbonyl (C=O) groups is 1. The van der Waals surface area contributed by atoms with Gasteiger partial charge in [0.1, 0.15) is 5.82 Å². The number of nitrogens with one attached hydrogen (secondary N) is 1. The summed E-state index contributed by atoms with van der Waals surface area (Å²) in [6.45, 7) is 1.35. The lowest BCUT2D eigenvalue weighted by Gasteiger charge is -2.30. The summed E-state index contributed by atoms with van der Waals surface area (Å²) >= 11 is 3.34. The van der Waals surface area contributed by atoms with Crippen LogP contribution in [0.4, 0.5) is 11.8 Å². The molecule has 3 heterocycles. The Labute approximate surface area is 164 Å². The standard InChI is InChI=1S/C19H18BrN5O2/c20-15-8-9-16(21-11-15)22-17(26)14-7-4-10-25(12-14)19-23-18(27-24-19)13-5-2-1-3-6-13/h1-3,5-6,8-9,11,14H,4,7,10,12H2,(H,21,22,26). The molecule has 1 unspecified atom stereocenters. The highest BCUT2D eigenvalue weighted by Crippen LogP contribution is 2.25. The zero-order valence-corrected chi connectivity index (χ0v) is 16.1. The third kappa shape index (κ3) is 4.16. The summed E-state index contributed by atoms with van der Waals surface area (Å²) in [5.41, 5.74) is 0.879. The number of rotatable bonds is 4. The van der Waals surface area contributed by atoms with Gasteiger partial charge in [0, 0.05) is 29.3 Å². The van der Waals surface area contributed by atoms with Gasteiger partial charge in [-0.2, -0.15) is 4.98 Å². The first-order valence-electron chi connectivity index (χ1n) is 8.75. The maximum atomic E-state index is 12.6. The molecule has 0 saturated carbocycles. The van der Waals surface area contributed by atoms with Crippen LogP contribution in [0.5, 0.6) is 0 Å². The fraction of sp³-hybridized carbons (Fsp3) is 0.263. The van der Waals surface area contributed by atoms with E-state index in [1.54, 1.807) is 12.3 Å². The minimum Gasteiger partial charge on any atom is -0.337 e. The van der Waals surface area contributed by atoms with Crippen molar-refractivity contribution in [2.75, 3.05) is 23.3 Å². The SMILES string of the molecule is O=C(Nc1ccc(Br)cn1)C1CCCN(c2noc(-c3ccccc3)n2)C1. The van der Waals surface area contributed by atoms with E-state index in [0.717, 1.165) is 29.4 Å². The van der Waals surface area contributed by atoms with E-state index in [4.69, 9.17) is 4.52 Å². The average molecular weight is 428 g/mol. The van der Waals surface area contributed by atoms with Gasteiger partial charge in [-0.3, -0.25) is 4.79 Å². The maximum absolute atomic E-state index is 12.6. The van der Waals surface area contributed by atoms with Gasteiger partial charge in [-0.05, 0) is 58.2 Å². The van der Waals surface area contributed by atoms with Crippen molar-refractivity contribution in [2.24, 2.45) is 5.92 Å². The van der Waals surface area contributed by atoms with Gasteiger partial charge in [-0.1, -0.05) is 18.2 Å². The van der Waals surface area contributed by atoms with Crippen LogP contribution in [-0.4, -0.2) is 34.1 Å². The predicted octanol–water partition coefficient (Wildman–Crippen LogP) is 3.75. The second-order valence-electron chi connectivity index (χ2n) is 6.40. The van der Waals surface area contributed by atoms with Crippen molar-refractivity contribution >= 4 is 33.6 Å². The molecular weight excluding hydrogens is 410 g/mol. The van der Waals surface area contributed by atoms with Crippen LogP contribution in [-0.2, 0) is 4.79 Å². The summed E-state index contributed by atoms with van der Waals surface area (Å²) in [7, 11) is 0. The number of nitrogens with zero attached hydrogens (tertiary/aromatic N) is 4. The molecule has 0 bridgehead atoms. The summed E-state index contributed by atoms with van der Waals surface area (Å²) in [5, 5.41) is 6.97. The van der Waals surface area contributed by atoms with Gasteiger partial charge < -0.3 is 14.7 Å². The number of hydrogen-bond donors (Lipinski definition) is 1. The van der Waals surface area contributed by atoms with Gasteiger partial charge >= 0.3 is 0 Å². The molecule has 1 N–H and O–H groups in total. The molecule has 7 nitrogen and oxygen atoms in total. The van der Waals surface area contributed by atoms with Crippen molar-refractivity contribution in [3.8, 4) is 11.5 Å². The van der Waals surface area contributed by atoms with Gasteiger partial charge in [0.2, 0.25) is 5.91 Å². The molecule has 1 aromatic carbocycles. The number of carbonyl (C=O) groups excluding carboxylic acids is 1. The average Bonchev–Trinajstić information content (AvgIpc) is 3.21. The third-order valence-electron chi connectivity index (χ3n) is 4.49. The minimum absolute atomic E-state index is 0.0405. The highest BCUT2D eigenvalue weighted by atomic mass is 79.9. The Morgan fingerprint density at radius 3 is 2.85 bits per heavy atom. The van der Waals surface area contributed by atoms with Crippen LogP contribution in [0.3, 0.4) is 0 Å². The van der Waals surface area contributed by atoms with Crippen LogP contribution in [0, 0.1) is 5.92 Å². The zero-order valence-electron chi connectivity index (χ0n) is 14.5. The van der Waals surface area contributed by atoms with Crippen LogP contribution in [0.1, 0.15) is 12.8 Å². The summed E-state index contributed by atoms with van der Waals surface area (Å²) in [5.74, 6) is 1.36. The molecular formula is C19H18BrN5O2. The second kappa shape index (κ2) is 7.87. The van der Waals surface area contributed by atoms with Crippen LogP contribution in [0.25, 0.3) is 11.5 Å². The van der Waals surface area contributed by atoms with E-state index < -0.39 is 0 Å². The third-order valence-corrected chi connectivity index (χ3v) is 4.96. The lowest BCUT2D eigenvalue weighted by molar-refractivity contribution is -0.120. The molecule has 8 heteroatoms. The lowest BCUT2D eigenvalue weighted by Crippen LogP contribution is -2.41. The van der Waals surface area contributed by atoms with E-state index in [1.807, 2.05) is 41.3 Å². The Bertz CT molecular complexity index is 913. The summed E-state index contributed by atoms with van der Waals surface area (Å²) < 4.78 is 6.26. The van der Waals surface area contributed by atoms with E-state index in [0.29, 0.717) is 24.2 Å². The molecule has 1 aliphatic heterocycles. The normalized spacial score (nSPS) is 16.9. The molecule has 0 aliphatic carbocycles. The Hall–Kier alpha value is -2.74. The summed E-state index contributed by atoms with van der Waals surface area (Å²) in [6.07, 6.45) is 3.37. The Morgan fingerprint density at radius 2 is 2.07 bits per heavy atom. The Kier molecular flexibility index (Phi) is 5.15. The molecule has 2 aromatic heterocycles. The van der Waals surface area contributed by atoms with Gasteiger partial charge in [0.25, 0.3) is 11.8 Å². The topological polar surface area (TPSA) is 84.2 Å². The van der Waals surface area contributed by atoms with Crippen LogP contribution >= 0.6 is 15.9 Å². The van der Waals surface area contributed by atoms with Crippen molar-refractivity contribution in [3.63, 3.8) is 0 Å². The van der Waals surface area contributed by atoms with Crippen LogP contribution < -0.4 is 10.2 Å². The minimum atomic E-state index is -0.150. The number of pyridine rings is 1. The van der Waals surface area contributed by atoms with Crippen molar-refractivity contribution in [3.05, 3.63) is 53.1 Å². The molecule has 1 aliphatic rings. The smallest absolute Gasteiger partial charge is 0.266 e. The Morgan fingerprint density at radius 1 is 1.22 bits per heavy atom. The van der Waals surface area contributed by atoms with Crippen molar-refractivity contribution < 1.29 is 9.32 Å². The number of piperidine rings is 1. The number of aromatic nitrogens is 3. The molecule has 27 heavy (non-hydrogen) atoms. The number of halogens is 1. The number of amides is 1. The molecule has 0 radical (unpaired) electrons. The van der Waals surface area contributed by atoms with Gasteiger partial charge in [0.15, 0.2) is 0 Å². The molecule has 4 rings (SSSR count). The second-order valence-corrected chi connectivity index (χ2v) is 7.32. The molecule has 1 amide bonds. The van der Waals surface area contributed by atoms with E-state index in [9.17, 15) is 4.79 Å². The predicted molar refractivity (Wildman–Crippen MR) is 105 cm³/mol. The largest absolute Gasteiger partial charge is 0.337 e. The molecule has 1 saturated heterocycles. The van der Waals surface area contributed by atoms with E-state index in [1.165, 1.54) is 0 Å². The highest BCUT2D eigenvalue weighted by molar-refractivity contribution is 9.10. The van der Waals surface area contributed by atoms with E-state index >= 15 is 0 Å². The Balaban J connectivity index is 1.43. The fourth-order valence-electron chi connectivity index (χ4n) is 3.09. The number of hydrogen-bond acceptors (Lipinski definition) is 6. The van der Waals surface area contributed by atoms with E-state index in [2.05, 4.69) is 36.4 Å². The zero-order chi connectivity index (χ0) is 18.6. The molecule has 1 atom stereocenters. The monoisotopic (exact) mass is 427 g/mol. The molecule has 0 spiro atoms. The molecule has 3 aromatic rings. The van der Waals surface area contributed by atoms with Gasteiger partial charge in [-0.25, -0.2) is 4.98 Å². The van der Waals surface area contributed by atoms with E-state index in [-0.39, 0.29) is 11.8 Å².